The van der Waals surface area contributed by atoms with Gasteiger partial charge in [0.05, 0.1) is 24.4 Å². The van der Waals surface area contributed by atoms with Crippen molar-refractivity contribution >= 4 is 72.4 Å². The van der Waals surface area contributed by atoms with Crippen molar-refractivity contribution in [3.63, 3.8) is 0 Å². The molecule has 0 fully saturated rings. The van der Waals surface area contributed by atoms with Crippen LogP contribution in [0.1, 0.15) is 74.2 Å². The van der Waals surface area contributed by atoms with E-state index in [9.17, 15) is 19.2 Å². The number of ether oxygens (including phenoxy) is 2. The highest BCUT2D eigenvalue weighted by Gasteiger charge is 2.39. The van der Waals surface area contributed by atoms with Gasteiger partial charge in [0, 0.05) is 33.0 Å². The van der Waals surface area contributed by atoms with Gasteiger partial charge in [-0.1, -0.05) is 67.9 Å². The molecule has 0 bridgehead atoms. The lowest BCUT2D eigenvalue weighted by atomic mass is 9.82. The third-order valence-corrected chi connectivity index (χ3v) is 10.7. The minimum Gasteiger partial charge on any atom is -0.491 e. The molecule has 0 aromatic heterocycles. The molecule has 0 spiro atoms. The maximum absolute atomic E-state index is 14.2. The van der Waals surface area contributed by atoms with Crippen LogP contribution in [0.15, 0.2) is 103 Å². The molecule has 2 atom stereocenters. The van der Waals surface area contributed by atoms with Crippen molar-refractivity contribution in [3.05, 3.63) is 131 Å². The average Bonchev–Trinajstić information content (AvgIpc) is 3.17. The summed E-state index contributed by atoms with van der Waals surface area (Å²) in [5.41, 5.74) is 3.56. The van der Waals surface area contributed by atoms with Gasteiger partial charge in [0.25, 0.3) is 23.6 Å². The Hall–Kier alpha value is -6.12. The predicted molar refractivity (Wildman–Crippen MR) is 207 cm³/mol. The van der Waals surface area contributed by atoms with Gasteiger partial charge in [-0.3, -0.25) is 24.1 Å². The van der Waals surface area contributed by atoms with Crippen LogP contribution in [-0.2, 0) is 11.2 Å². The van der Waals surface area contributed by atoms with Crippen LogP contribution in [0.2, 0.25) is 0 Å². The van der Waals surface area contributed by atoms with Crippen molar-refractivity contribution in [2.24, 2.45) is 0 Å². The van der Waals surface area contributed by atoms with E-state index in [0.717, 1.165) is 50.9 Å². The molecule has 0 saturated carbocycles. The largest absolute Gasteiger partial charge is 0.491 e. The number of carbonyl (C=O) groups is 4. The molecular weight excluding hydrogens is 665 g/mol. The lowest BCUT2D eigenvalue weighted by Crippen LogP contribution is -2.48. The summed E-state index contributed by atoms with van der Waals surface area (Å²) in [7, 11) is 0. The number of carbonyl (C=O) groups excluding carboxylic acids is 4. The molecule has 8 nitrogen and oxygen atoms in total. The van der Waals surface area contributed by atoms with Crippen LogP contribution in [0.25, 0.3) is 43.1 Å². The molecule has 9 rings (SSSR count). The Bertz CT molecular complexity index is 2550. The molecule has 7 aromatic carbocycles. The third-order valence-electron chi connectivity index (χ3n) is 10.7. The number of fused-ring (bicyclic) bond motifs is 2. The molecule has 7 aromatic rings. The van der Waals surface area contributed by atoms with Crippen molar-refractivity contribution in [2.45, 2.75) is 45.8 Å². The first kappa shape index (κ1) is 32.8. The number of rotatable bonds is 10. The maximum Gasteiger partial charge on any atom is 0.265 e. The van der Waals surface area contributed by atoms with E-state index in [1.165, 1.54) is 15.4 Å². The fourth-order valence-corrected chi connectivity index (χ4v) is 8.22. The standard InChI is InChI=1S/C45H36N2O6/c1-4-9-27-10-8-13-29(22-27)53-24-26(3)52-23-25(2)46-42(48)34-18-14-30-32-16-20-36-41-37(45(51)47(44(36)50)28-11-6-5-7-12-28)21-17-33(39(32)41)31-15-19-35(43(46)49)40(34)38(30)31/h5-8,10-22,25-26H,4,9,23-24H2,1-3H3. The topological polar surface area (TPSA) is 93.2 Å². The van der Waals surface area contributed by atoms with E-state index in [1.807, 2.05) is 62.4 Å². The minimum atomic E-state index is -0.525. The number of anilines is 1. The fraction of sp³-hybridized carbons (Fsp3) is 0.200. The van der Waals surface area contributed by atoms with E-state index in [-0.39, 0.29) is 36.3 Å². The van der Waals surface area contributed by atoms with Crippen molar-refractivity contribution < 1.29 is 28.7 Å². The molecule has 8 heteroatoms. The summed E-state index contributed by atoms with van der Waals surface area (Å²) in [6.07, 6.45) is 1.78. The summed E-state index contributed by atoms with van der Waals surface area (Å²) in [4.78, 5) is 58.6. The zero-order valence-electron chi connectivity index (χ0n) is 29.6. The molecule has 2 heterocycles. The minimum absolute atomic E-state index is 0.158. The number of hydrogen-bond donors (Lipinski definition) is 0. The van der Waals surface area contributed by atoms with Gasteiger partial charge < -0.3 is 9.47 Å². The van der Waals surface area contributed by atoms with Gasteiger partial charge in [0.2, 0.25) is 0 Å². The van der Waals surface area contributed by atoms with E-state index >= 15 is 0 Å². The average molecular weight is 701 g/mol. The van der Waals surface area contributed by atoms with E-state index in [0.29, 0.717) is 45.3 Å². The van der Waals surface area contributed by atoms with Crippen molar-refractivity contribution in [1.82, 2.24) is 4.90 Å². The Morgan fingerprint density at radius 3 is 1.62 bits per heavy atom. The molecule has 2 unspecified atom stereocenters. The van der Waals surface area contributed by atoms with Gasteiger partial charge in [-0.15, -0.1) is 0 Å². The first-order chi connectivity index (χ1) is 25.8. The molecule has 262 valence electrons. The highest BCUT2D eigenvalue weighted by atomic mass is 16.5. The van der Waals surface area contributed by atoms with Crippen LogP contribution >= 0.6 is 0 Å². The SMILES string of the molecule is CCCc1cccc(OCC(C)OCC(C)N2C(=O)c3ccc4c5ccc6c7c(ccc(c8ccc(c3c48)C2=O)c75)C(=O)N(c2ccccc2)C6=O)c1. The smallest absolute Gasteiger partial charge is 0.265 e. The van der Waals surface area contributed by atoms with Crippen LogP contribution in [0.5, 0.6) is 5.75 Å². The highest BCUT2D eigenvalue weighted by molar-refractivity contribution is 6.43. The number of benzene rings is 7. The molecule has 2 aliphatic heterocycles. The quantitative estimate of drug-likeness (QED) is 0.0804. The molecule has 0 aliphatic carbocycles. The number of imide groups is 2. The second kappa shape index (κ2) is 12.5. The molecule has 2 aliphatic rings. The van der Waals surface area contributed by atoms with Crippen LogP contribution in [-0.4, -0.2) is 53.9 Å². The Balaban J connectivity index is 1.04. The zero-order chi connectivity index (χ0) is 36.5. The summed E-state index contributed by atoms with van der Waals surface area (Å²) in [6.45, 7) is 6.38. The Kier molecular flexibility index (Phi) is 7.75. The van der Waals surface area contributed by atoms with E-state index in [4.69, 9.17) is 9.47 Å². The second-order valence-electron chi connectivity index (χ2n) is 14.1. The van der Waals surface area contributed by atoms with Crippen molar-refractivity contribution in [1.29, 1.82) is 0 Å². The zero-order valence-corrected chi connectivity index (χ0v) is 29.6. The van der Waals surface area contributed by atoms with Gasteiger partial charge in [0.1, 0.15) is 12.4 Å². The third kappa shape index (κ3) is 5.00. The van der Waals surface area contributed by atoms with E-state index in [1.54, 1.807) is 48.5 Å². The van der Waals surface area contributed by atoms with Crippen LogP contribution in [0.4, 0.5) is 5.69 Å². The number of aryl methyl sites for hydroxylation is 1. The number of para-hydroxylation sites is 1. The Labute approximate surface area is 305 Å². The Morgan fingerprint density at radius 1 is 0.566 bits per heavy atom. The van der Waals surface area contributed by atoms with Crippen molar-refractivity contribution in [3.8, 4) is 5.75 Å². The van der Waals surface area contributed by atoms with Gasteiger partial charge >= 0.3 is 0 Å². The summed E-state index contributed by atoms with van der Waals surface area (Å²) >= 11 is 0. The lowest BCUT2D eigenvalue weighted by molar-refractivity contribution is 0.00253. The number of hydrogen-bond acceptors (Lipinski definition) is 6. The number of amides is 4. The van der Waals surface area contributed by atoms with Crippen LogP contribution < -0.4 is 9.64 Å². The Morgan fingerprint density at radius 2 is 1.09 bits per heavy atom. The predicted octanol–water partition coefficient (Wildman–Crippen LogP) is 8.96. The molecule has 0 radical (unpaired) electrons. The number of nitrogens with zero attached hydrogens (tertiary/aromatic N) is 2. The summed E-state index contributed by atoms with van der Waals surface area (Å²) in [5.74, 6) is -0.694. The second-order valence-corrected chi connectivity index (χ2v) is 14.1. The van der Waals surface area contributed by atoms with E-state index in [2.05, 4.69) is 13.0 Å². The monoisotopic (exact) mass is 700 g/mol. The van der Waals surface area contributed by atoms with Crippen LogP contribution in [0, 0.1) is 0 Å². The maximum atomic E-state index is 14.2. The normalized spacial score (nSPS) is 15.4. The summed E-state index contributed by atoms with van der Waals surface area (Å²) < 4.78 is 12.1. The van der Waals surface area contributed by atoms with E-state index < -0.39 is 6.04 Å². The fourth-order valence-electron chi connectivity index (χ4n) is 8.22. The molecule has 53 heavy (non-hydrogen) atoms. The lowest BCUT2D eigenvalue weighted by Gasteiger charge is -2.33. The summed E-state index contributed by atoms with van der Waals surface area (Å²) in [5, 5.41) is 6.27. The summed E-state index contributed by atoms with van der Waals surface area (Å²) in [6, 6.07) is 31.3. The first-order valence-electron chi connectivity index (χ1n) is 18.1. The van der Waals surface area contributed by atoms with Gasteiger partial charge in [-0.25, -0.2) is 4.90 Å². The van der Waals surface area contributed by atoms with Gasteiger partial charge in [-0.05, 0) is 107 Å². The molecule has 0 saturated heterocycles. The highest BCUT2D eigenvalue weighted by Crippen LogP contribution is 2.46. The molecule has 0 N–H and O–H groups in total. The first-order valence-corrected chi connectivity index (χ1v) is 18.1. The van der Waals surface area contributed by atoms with Crippen LogP contribution in [0.3, 0.4) is 0 Å². The molecule has 4 amide bonds. The van der Waals surface area contributed by atoms with Gasteiger partial charge in [-0.2, -0.15) is 0 Å². The van der Waals surface area contributed by atoms with Gasteiger partial charge in [0.15, 0.2) is 0 Å². The molecular formula is C45H36N2O6. The van der Waals surface area contributed by atoms with Crippen molar-refractivity contribution in [2.75, 3.05) is 18.1 Å².